The highest BCUT2D eigenvalue weighted by Gasteiger charge is 2.41. The number of imidazole rings is 1. The largest absolute Gasteiger partial charge is 0.371 e. The van der Waals surface area contributed by atoms with Crippen LogP contribution in [0.15, 0.2) is 30.6 Å². The number of carbonyl (C=O) groups is 1. The van der Waals surface area contributed by atoms with E-state index in [1.807, 2.05) is 38.4 Å². The lowest BCUT2D eigenvalue weighted by Crippen LogP contribution is -2.59. The summed E-state index contributed by atoms with van der Waals surface area (Å²) in [5, 5.41) is 18.8. The molecule has 0 spiro atoms. The van der Waals surface area contributed by atoms with E-state index >= 15 is 0 Å². The summed E-state index contributed by atoms with van der Waals surface area (Å²) in [6.45, 7) is 3.11. The molecular formula is C22H26FN9O. The summed E-state index contributed by atoms with van der Waals surface area (Å²) in [6.07, 6.45) is 5.38. The Kier molecular flexibility index (Phi) is 5.10. The Morgan fingerprint density at radius 2 is 2.09 bits per heavy atom. The first-order valence-corrected chi connectivity index (χ1v) is 10.9. The summed E-state index contributed by atoms with van der Waals surface area (Å²) in [4.78, 5) is 20.3. The van der Waals surface area contributed by atoms with E-state index in [0.29, 0.717) is 23.1 Å². The Balaban J connectivity index is 1.45. The average molecular weight is 452 g/mol. The number of nitrogens with zero attached hydrogens (tertiary/aromatic N) is 6. The molecule has 11 heteroatoms. The number of aryl methyl sites for hydroxylation is 1. The average Bonchev–Trinajstić information content (AvgIpc) is 3.36. The van der Waals surface area contributed by atoms with E-state index < -0.39 is 6.67 Å². The van der Waals surface area contributed by atoms with Gasteiger partial charge >= 0.3 is 0 Å². The van der Waals surface area contributed by atoms with Crippen molar-refractivity contribution < 1.29 is 9.18 Å². The maximum atomic E-state index is 12.9. The molecule has 172 valence electrons. The highest BCUT2D eigenvalue weighted by atomic mass is 19.1. The quantitative estimate of drug-likeness (QED) is 0.396. The van der Waals surface area contributed by atoms with Gasteiger partial charge in [-0.25, -0.2) is 14.0 Å². The molecule has 10 nitrogen and oxygen atoms in total. The maximum Gasteiger partial charge on any atom is 0.243 e. The standard InChI is InChI=1S/C22H26FN9O/c1-13(33)28-22(2)10-14(11-22)26-21-27-20(24-3)19-16(7-9-31(19)30-21)17-4-5-18-25-12-15(6-8-23)32(18)29-17/h4-5,7,9,12,14H,6,8,10-11H2,1-3H3,(H,28,33)(H2,24,26,27,30). The number of halogens is 1. The number of nitrogens with one attached hydrogen (secondary N) is 3. The molecule has 4 heterocycles. The maximum absolute atomic E-state index is 12.9. The lowest BCUT2D eigenvalue weighted by atomic mass is 9.74. The topological polar surface area (TPSA) is 114 Å². The van der Waals surface area contributed by atoms with Crippen molar-refractivity contribution in [2.24, 2.45) is 0 Å². The second-order valence-electron chi connectivity index (χ2n) is 8.73. The van der Waals surface area contributed by atoms with Crippen LogP contribution in [0.2, 0.25) is 0 Å². The van der Waals surface area contributed by atoms with Gasteiger partial charge in [0.15, 0.2) is 11.5 Å². The van der Waals surface area contributed by atoms with Gasteiger partial charge in [0.1, 0.15) is 5.52 Å². The number of fused-ring (bicyclic) bond motifs is 2. The molecule has 0 unspecified atom stereocenters. The third-order valence-electron chi connectivity index (χ3n) is 6.01. The summed E-state index contributed by atoms with van der Waals surface area (Å²) in [6, 6.07) is 5.87. The van der Waals surface area contributed by atoms with E-state index in [0.717, 1.165) is 29.6 Å². The summed E-state index contributed by atoms with van der Waals surface area (Å²) in [5.74, 6) is 1.14. The van der Waals surface area contributed by atoms with Gasteiger partial charge in [-0.05, 0) is 38.0 Å². The highest BCUT2D eigenvalue weighted by molar-refractivity contribution is 5.87. The number of rotatable bonds is 7. The van der Waals surface area contributed by atoms with Gasteiger partial charge in [-0.15, -0.1) is 5.10 Å². The van der Waals surface area contributed by atoms with Crippen LogP contribution in [0.3, 0.4) is 0 Å². The predicted octanol–water partition coefficient (Wildman–Crippen LogP) is 2.46. The van der Waals surface area contributed by atoms with Gasteiger partial charge < -0.3 is 16.0 Å². The van der Waals surface area contributed by atoms with Crippen LogP contribution >= 0.6 is 0 Å². The molecular weight excluding hydrogens is 425 g/mol. The first-order chi connectivity index (χ1) is 15.9. The molecule has 4 aromatic rings. The second kappa shape index (κ2) is 7.98. The lowest BCUT2D eigenvalue weighted by Gasteiger charge is -2.45. The van der Waals surface area contributed by atoms with Gasteiger partial charge in [-0.1, -0.05) is 0 Å². The van der Waals surface area contributed by atoms with Crippen LogP contribution < -0.4 is 16.0 Å². The molecule has 33 heavy (non-hydrogen) atoms. The molecule has 1 aliphatic rings. The van der Waals surface area contributed by atoms with Crippen LogP contribution in [-0.2, 0) is 11.2 Å². The minimum absolute atomic E-state index is 0.0229. The number of anilines is 2. The van der Waals surface area contributed by atoms with E-state index in [2.05, 4.69) is 31.0 Å². The van der Waals surface area contributed by atoms with Crippen molar-refractivity contribution in [1.29, 1.82) is 0 Å². The van der Waals surface area contributed by atoms with Crippen LogP contribution in [-0.4, -0.2) is 60.4 Å². The van der Waals surface area contributed by atoms with Gasteiger partial charge in [0.05, 0.1) is 24.3 Å². The van der Waals surface area contributed by atoms with Gasteiger partial charge in [0, 0.05) is 43.7 Å². The normalized spacial score (nSPS) is 20.1. The first kappa shape index (κ1) is 21.1. The zero-order valence-electron chi connectivity index (χ0n) is 18.8. The summed E-state index contributed by atoms with van der Waals surface area (Å²) >= 11 is 0. The SMILES string of the molecule is CNc1nc(NC2CC(C)(NC(C)=O)C2)nn2ccc(-c3ccc4ncc(CCF)n4n3)c12. The van der Waals surface area contributed by atoms with E-state index in [1.54, 1.807) is 15.2 Å². The molecule has 0 aliphatic heterocycles. The summed E-state index contributed by atoms with van der Waals surface area (Å²) < 4.78 is 16.3. The molecule has 1 amide bonds. The van der Waals surface area contributed by atoms with Crippen molar-refractivity contribution in [3.05, 3.63) is 36.3 Å². The second-order valence-corrected chi connectivity index (χ2v) is 8.73. The monoisotopic (exact) mass is 451 g/mol. The van der Waals surface area contributed by atoms with Crippen LogP contribution in [0.1, 0.15) is 32.4 Å². The summed E-state index contributed by atoms with van der Waals surface area (Å²) in [5.41, 5.74) is 3.57. The molecule has 1 aliphatic carbocycles. The molecule has 0 atom stereocenters. The third kappa shape index (κ3) is 3.83. The molecule has 4 aromatic heterocycles. The minimum atomic E-state index is -0.465. The zero-order chi connectivity index (χ0) is 23.2. The number of hydrogen-bond donors (Lipinski definition) is 3. The Bertz CT molecular complexity index is 1340. The van der Waals surface area contributed by atoms with Crippen molar-refractivity contribution in [3.63, 3.8) is 0 Å². The summed E-state index contributed by atoms with van der Waals surface area (Å²) in [7, 11) is 1.81. The lowest BCUT2D eigenvalue weighted by molar-refractivity contribution is -0.121. The van der Waals surface area contributed by atoms with Gasteiger partial charge in [-0.3, -0.25) is 9.18 Å². The molecule has 0 radical (unpaired) electrons. The zero-order valence-corrected chi connectivity index (χ0v) is 18.8. The van der Waals surface area contributed by atoms with Crippen LogP contribution in [0.25, 0.3) is 22.4 Å². The van der Waals surface area contributed by atoms with E-state index in [1.165, 1.54) is 6.92 Å². The van der Waals surface area contributed by atoms with Crippen LogP contribution in [0.5, 0.6) is 0 Å². The fourth-order valence-electron chi connectivity index (χ4n) is 4.64. The Morgan fingerprint density at radius 3 is 2.82 bits per heavy atom. The fraction of sp³-hybridized carbons (Fsp3) is 0.409. The molecule has 0 saturated heterocycles. The molecule has 0 aromatic carbocycles. The molecule has 1 saturated carbocycles. The van der Waals surface area contributed by atoms with E-state index in [-0.39, 0.29) is 23.9 Å². The first-order valence-electron chi connectivity index (χ1n) is 10.9. The van der Waals surface area contributed by atoms with E-state index in [9.17, 15) is 9.18 Å². The van der Waals surface area contributed by atoms with Crippen molar-refractivity contribution in [2.75, 3.05) is 24.4 Å². The van der Waals surface area contributed by atoms with Crippen molar-refractivity contribution in [1.82, 2.24) is 34.5 Å². The fourth-order valence-corrected chi connectivity index (χ4v) is 4.64. The Labute approximate surface area is 189 Å². The van der Waals surface area contributed by atoms with Crippen molar-refractivity contribution in [2.45, 2.75) is 44.7 Å². The van der Waals surface area contributed by atoms with Gasteiger partial charge in [0.25, 0.3) is 0 Å². The molecule has 5 rings (SSSR count). The smallest absolute Gasteiger partial charge is 0.243 e. The highest BCUT2D eigenvalue weighted by Crippen LogP contribution is 2.34. The van der Waals surface area contributed by atoms with Crippen LogP contribution in [0.4, 0.5) is 16.2 Å². The van der Waals surface area contributed by atoms with Crippen molar-refractivity contribution >= 4 is 28.8 Å². The molecule has 0 bridgehead atoms. The van der Waals surface area contributed by atoms with Gasteiger partial charge in [0.2, 0.25) is 11.9 Å². The molecule has 3 N–H and O–H groups in total. The number of amides is 1. The van der Waals surface area contributed by atoms with Crippen molar-refractivity contribution in [3.8, 4) is 11.3 Å². The van der Waals surface area contributed by atoms with Gasteiger partial charge in [-0.2, -0.15) is 10.1 Å². The Morgan fingerprint density at radius 1 is 1.27 bits per heavy atom. The number of aromatic nitrogens is 6. The number of hydrogen-bond acceptors (Lipinski definition) is 7. The van der Waals surface area contributed by atoms with E-state index in [4.69, 9.17) is 5.10 Å². The van der Waals surface area contributed by atoms with Crippen LogP contribution in [0, 0.1) is 0 Å². The molecule has 1 fully saturated rings. The third-order valence-corrected chi connectivity index (χ3v) is 6.01. The Hall–Kier alpha value is -3.76. The minimum Gasteiger partial charge on any atom is -0.371 e. The number of carbonyl (C=O) groups excluding carboxylic acids is 1. The number of alkyl halides is 1. The predicted molar refractivity (Wildman–Crippen MR) is 123 cm³/mol.